The minimum atomic E-state index is 0.817. The highest BCUT2D eigenvalue weighted by atomic mass is 35.5. The summed E-state index contributed by atoms with van der Waals surface area (Å²) in [4.78, 5) is 0. The van der Waals surface area contributed by atoms with E-state index in [2.05, 4.69) is 32.4 Å². The van der Waals surface area contributed by atoms with Gasteiger partial charge in [-0.05, 0) is 36.1 Å². The Morgan fingerprint density at radius 3 is 2.05 bits per heavy atom. The van der Waals surface area contributed by atoms with E-state index >= 15 is 0 Å². The number of hydrogen-bond donors (Lipinski definition) is 0. The van der Waals surface area contributed by atoms with Crippen molar-refractivity contribution >= 4 is 11.6 Å². The van der Waals surface area contributed by atoms with Crippen LogP contribution in [0.15, 0.2) is 36.0 Å². The molecule has 2 rings (SSSR count). The Bertz CT molecular complexity index is 390. The van der Waals surface area contributed by atoms with E-state index in [0.717, 1.165) is 15.9 Å². The van der Waals surface area contributed by atoms with Gasteiger partial charge in [0.1, 0.15) is 0 Å². The summed E-state index contributed by atoms with van der Waals surface area (Å²) in [5.74, 6) is 0. The molecule has 1 aromatic rings. The Hall–Kier alpha value is -0.790. The summed E-state index contributed by atoms with van der Waals surface area (Å²) in [6.45, 7) is 9.25. The zero-order valence-electron chi connectivity index (χ0n) is 14.0. The highest BCUT2D eigenvalue weighted by molar-refractivity contribution is 6.30. The van der Waals surface area contributed by atoms with E-state index in [1.54, 1.807) is 5.57 Å². The molecule has 1 aliphatic rings. The SMILES string of the molecule is CC.CC.C[N+]1(C)C=C(Cc2ccc(Cl)cc2)CCC1. The van der Waals surface area contributed by atoms with Gasteiger partial charge in [0.05, 0.1) is 26.8 Å². The topological polar surface area (TPSA) is 0 Å². The third kappa shape index (κ3) is 7.12. The summed E-state index contributed by atoms with van der Waals surface area (Å²) in [5, 5.41) is 0.817. The van der Waals surface area contributed by atoms with Crippen LogP contribution in [0.4, 0.5) is 0 Å². The number of nitrogens with zero attached hydrogens (tertiary/aromatic N) is 1. The van der Waals surface area contributed by atoms with Gasteiger partial charge in [-0.25, -0.2) is 0 Å². The van der Waals surface area contributed by atoms with Gasteiger partial charge in [-0.2, -0.15) is 0 Å². The van der Waals surface area contributed by atoms with Gasteiger partial charge in [0.25, 0.3) is 0 Å². The molecule has 0 atom stereocenters. The zero-order valence-corrected chi connectivity index (χ0v) is 14.8. The van der Waals surface area contributed by atoms with Crippen LogP contribution in [0.5, 0.6) is 0 Å². The lowest BCUT2D eigenvalue weighted by atomic mass is 9.99. The van der Waals surface area contributed by atoms with Crippen LogP contribution in [0.2, 0.25) is 5.02 Å². The Kier molecular flexibility index (Phi) is 9.62. The standard InChI is InChI=1S/C14H19ClN.2C2H6/c1-16(2)9-3-4-13(11-16)10-12-5-7-14(15)8-6-12;2*1-2/h5-8,11H,3-4,9-10H2,1-2H3;2*1-2H3/q+1;;. The first kappa shape index (κ1) is 19.2. The predicted molar refractivity (Wildman–Crippen MR) is 92.1 cm³/mol. The summed E-state index contributed by atoms with van der Waals surface area (Å²) in [6.07, 6.45) is 6.01. The Morgan fingerprint density at radius 2 is 1.55 bits per heavy atom. The second-order valence-electron chi connectivity index (χ2n) is 5.20. The van der Waals surface area contributed by atoms with Crippen molar-refractivity contribution in [2.24, 2.45) is 0 Å². The minimum Gasteiger partial charge on any atom is -0.302 e. The zero-order chi connectivity index (χ0) is 15.6. The van der Waals surface area contributed by atoms with Crippen molar-refractivity contribution in [1.82, 2.24) is 0 Å². The van der Waals surface area contributed by atoms with Crippen molar-refractivity contribution in [2.75, 3.05) is 20.6 Å². The summed E-state index contributed by atoms with van der Waals surface area (Å²) < 4.78 is 1.02. The summed E-state index contributed by atoms with van der Waals surface area (Å²) in [6, 6.07) is 8.19. The van der Waals surface area contributed by atoms with Crippen molar-refractivity contribution in [1.29, 1.82) is 0 Å². The molecule has 0 fully saturated rings. The Balaban J connectivity index is 0.000000829. The lowest BCUT2D eigenvalue weighted by molar-refractivity contribution is -0.841. The van der Waals surface area contributed by atoms with Crippen LogP contribution in [0, 0.1) is 0 Å². The quantitative estimate of drug-likeness (QED) is 0.615. The van der Waals surface area contributed by atoms with E-state index in [4.69, 9.17) is 11.6 Å². The van der Waals surface area contributed by atoms with Crippen molar-refractivity contribution in [2.45, 2.75) is 47.0 Å². The monoisotopic (exact) mass is 296 g/mol. The van der Waals surface area contributed by atoms with Crippen LogP contribution in [0.3, 0.4) is 0 Å². The predicted octanol–water partition coefficient (Wildman–Crippen LogP) is 5.69. The lowest BCUT2D eigenvalue weighted by Gasteiger charge is -2.30. The molecule has 0 bridgehead atoms. The van der Waals surface area contributed by atoms with Gasteiger partial charge >= 0.3 is 0 Å². The van der Waals surface area contributed by atoms with Crippen LogP contribution in [-0.4, -0.2) is 25.1 Å². The summed E-state index contributed by atoms with van der Waals surface area (Å²) in [5.41, 5.74) is 2.91. The van der Waals surface area contributed by atoms with Gasteiger partial charge in [0, 0.05) is 11.4 Å². The molecule has 0 N–H and O–H groups in total. The number of allylic oxidation sites excluding steroid dienone is 1. The van der Waals surface area contributed by atoms with Crippen LogP contribution in [0.1, 0.15) is 46.1 Å². The number of halogens is 1. The van der Waals surface area contributed by atoms with Crippen LogP contribution in [-0.2, 0) is 6.42 Å². The van der Waals surface area contributed by atoms with E-state index in [-0.39, 0.29) is 0 Å². The van der Waals surface area contributed by atoms with E-state index in [0.29, 0.717) is 0 Å². The maximum atomic E-state index is 5.88. The Morgan fingerprint density at radius 1 is 1.00 bits per heavy atom. The number of quaternary nitrogens is 1. The molecule has 0 aromatic heterocycles. The van der Waals surface area contributed by atoms with Crippen molar-refractivity contribution < 1.29 is 4.48 Å². The maximum Gasteiger partial charge on any atom is 0.0949 e. The van der Waals surface area contributed by atoms with E-state index in [9.17, 15) is 0 Å². The molecule has 20 heavy (non-hydrogen) atoms. The van der Waals surface area contributed by atoms with Gasteiger partial charge in [0.15, 0.2) is 0 Å². The highest BCUT2D eigenvalue weighted by Crippen LogP contribution is 2.22. The van der Waals surface area contributed by atoms with E-state index in [1.165, 1.54) is 24.9 Å². The fourth-order valence-corrected chi connectivity index (χ4v) is 2.46. The number of hydrogen-bond acceptors (Lipinski definition) is 0. The van der Waals surface area contributed by atoms with Crippen LogP contribution >= 0.6 is 11.6 Å². The Labute approximate surface area is 130 Å². The molecule has 0 saturated carbocycles. The molecule has 0 saturated heterocycles. The lowest BCUT2D eigenvalue weighted by Crippen LogP contribution is -2.37. The van der Waals surface area contributed by atoms with E-state index in [1.807, 2.05) is 39.8 Å². The maximum absolute atomic E-state index is 5.88. The molecule has 0 unspecified atom stereocenters. The first-order valence-electron chi connectivity index (χ1n) is 7.83. The van der Waals surface area contributed by atoms with Crippen molar-refractivity contribution in [3.63, 3.8) is 0 Å². The first-order chi connectivity index (χ1) is 9.55. The second kappa shape index (κ2) is 10.0. The van der Waals surface area contributed by atoms with Crippen molar-refractivity contribution in [3.8, 4) is 0 Å². The van der Waals surface area contributed by atoms with Gasteiger partial charge in [-0.3, -0.25) is 0 Å². The smallest absolute Gasteiger partial charge is 0.0949 e. The van der Waals surface area contributed by atoms with Crippen molar-refractivity contribution in [3.05, 3.63) is 46.6 Å². The van der Waals surface area contributed by atoms with E-state index < -0.39 is 0 Å². The third-order valence-electron chi connectivity index (χ3n) is 3.11. The molecule has 1 aromatic carbocycles. The fourth-order valence-electron chi connectivity index (χ4n) is 2.34. The third-order valence-corrected chi connectivity index (χ3v) is 3.36. The first-order valence-corrected chi connectivity index (χ1v) is 8.21. The van der Waals surface area contributed by atoms with Crippen LogP contribution < -0.4 is 0 Å². The average molecular weight is 297 g/mol. The molecule has 114 valence electrons. The molecule has 1 heterocycles. The summed E-state index contributed by atoms with van der Waals surface area (Å²) in [7, 11) is 4.53. The van der Waals surface area contributed by atoms with Gasteiger partial charge < -0.3 is 4.48 Å². The van der Waals surface area contributed by atoms with Gasteiger partial charge in [-0.1, -0.05) is 51.4 Å². The molecule has 1 aliphatic heterocycles. The van der Waals surface area contributed by atoms with Gasteiger partial charge in [0.2, 0.25) is 0 Å². The molecule has 0 amide bonds. The molecular formula is C18H31ClN+. The molecule has 0 radical (unpaired) electrons. The second-order valence-corrected chi connectivity index (χ2v) is 5.63. The molecule has 0 spiro atoms. The molecule has 2 heteroatoms. The van der Waals surface area contributed by atoms with Crippen LogP contribution in [0.25, 0.3) is 0 Å². The fraction of sp³-hybridized carbons (Fsp3) is 0.556. The number of rotatable bonds is 2. The number of benzene rings is 1. The normalized spacial score (nSPS) is 16.1. The molecule has 0 aliphatic carbocycles. The summed E-state index contributed by atoms with van der Waals surface area (Å²) >= 11 is 5.88. The largest absolute Gasteiger partial charge is 0.302 e. The molecule has 1 nitrogen and oxygen atoms in total. The molecular weight excluding hydrogens is 266 g/mol. The highest BCUT2D eigenvalue weighted by Gasteiger charge is 2.19. The average Bonchev–Trinajstić information content (AvgIpc) is 2.45. The van der Waals surface area contributed by atoms with Gasteiger partial charge in [-0.15, -0.1) is 0 Å². The minimum absolute atomic E-state index is 0.817.